The lowest BCUT2D eigenvalue weighted by Crippen LogP contribution is -2.24. The van der Waals surface area contributed by atoms with Crippen LogP contribution in [0.3, 0.4) is 0 Å². The molecule has 0 saturated heterocycles. The van der Waals surface area contributed by atoms with Crippen molar-refractivity contribution in [1.82, 2.24) is 4.98 Å². The molecule has 15 heavy (non-hydrogen) atoms. The topological polar surface area (TPSA) is 82.3 Å². The van der Waals surface area contributed by atoms with Gasteiger partial charge in [0.2, 0.25) is 0 Å². The molecule has 0 aromatic carbocycles. The first-order chi connectivity index (χ1) is 6.91. The average molecular weight is 210 g/mol. The Bertz CT molecular complexity index is 379. The summed E-state index contributed by atoms with van der Waals surface area (Å²) in [5, 5.41) is 22.7. The van der Waals surface area contributed by atoms with E-state index in [1.54, 1.807) is 20.8 Å². The van der Waals surface area contributed by atoms with Crippen LogP contribution in [0.25, 0.3) is 0 Å². The number of aromatic nitrogens is 1. The van der Waals surface area contributed by atoms with E-state index in [4.69, 9.17) is 0 Å². The first-order valence-corrected chi connectivity index (χ1v) is 4.51. The standard InChI is InChI=1S/C9H12N3O3/c1-6(2)11(13)9-5-8(12(14)15)4-7(3)10-9/h4-6H,1-3H3/q-1. The average Bonchev–Trinajstić information content (AvgIpc) is 2.15. The molecule has 0 spiro atoms. The van der Waals surface area contributed by atoms with Crippen LogP contribution >= 0.6 is 0 Å². The second kappa shape index (κ2) is 4.22. The van der Waals surface area contributed by atoms with Crippen molar-refractivity contribution in [3.8, 4) is 0 Å². The molecule has 0 aliphatic heterocycles. The van der Waals surface area contributed by atoms with Crippen molar-refractivity contribution < 1.29 is 4.92 Å². The summed E-state index contributed by atoms with van der Waals surface area (Å²) in [6, 6.07) is 2.22. The maximum absolute atomic E-state index is 11.5. The Morgan fingerprint density at radius 1 is 1.47 bits per heavy atom. The highest BCUT2D eigenvalue weighted by molar-refractivity contribution is 5.49. The minimum Gasteiger partial charge on any atom is -0.757 e. The number of nitro groups is 1. The van der Waals surface area contributed by atoms with Crippen molar-refractivity contribution in [3.05, 3.63) is 33.1 Å². The SMILES string of the molecule is Cc1cc([N+](=O)[O-])cc(N([O-])C(C)C)n1. The second-order valence-electron chi connectivity index (χ2n) is 3.50. The summed E-state index contributed by atoms with van der Waals surface area (Å²) < 4.78 is 0. The Kier molecular flexibility index (Phi) is 3.21. The number of rotatable bonds is 3. The van der Waals surface area contributed by atoms with Crippen LogP contribution in [-0.4, -0.2) is 15.9 Å². The van der Waals surface area contributed by atoms with Crippen LogP contribution in [0.1, 0.15) is 19.5 Å². The van der Waals surface area contributed by atoms with E-state index < -0.39 is 4.92 Å². The fraction of sp³-hybridized carbons (Fsp3) is 0.444. The zero-order chi connectivity index (χ0) is 11.6. The molecule has 0 aliphatic rings. The number of hydrogen-bond donors (Lipinski definition) is 0. The van der Waals surface area contributed by atoms with Gasteiger partial charge in [-0.15, -0.1) is 0 Å². The van der Waals surface area contributed by atoms with Gasteiger partial charge in [0.1, 0.15) is 5.82 Å². The summed E-state index contributed by atoms with van der Waals surface area (Å²) in [5.41, 5.74) is 0.347. The van der Waals surface area contributed by atoms with Crippen LogP contribution in [0.4, 0.5) is 11.5 Å². The van der Waals surface area contributed by atoms with Gasteiger partial charge in [0, 0.05) is 17.8 Å². The largest absolute Gasteiger partial charge is 0.757 e. The van der Waals surface area contributed by atoms with Crippen LogP contribution in [0.2, 0.25) is 0 Å². The monoisotopic (exact) mass is 210 g/mol. The molecule has 0 N–H and O–H groups in total. The van der Waals surface area contributed by atoms with E-state index in [9.17, 15) is 15.3 Å². The van der Waals surface area contributed by atoms with E-state index in [0.717, 1.165) is 0 Å². The molecule has 0 radical (unpaired) electrons. The van der Waals surface area contributed by atoms with Gasteiger partial charge in [-0.05, 0) is 20.8 Å². The minimum atomic E-state index is -0.535. The number of anilines is 1. The van der Waals surface area contributed by atoms with Crippen LogP contribution in [-0.2, 0) is 0 Å². The molecule has 6 heteroatoms. The van der Waals surface area contributed by atoms with Gasteiger partial charge in [-0.25, -0.2) is 4.98 Å². The summed E-state index contributed by atoms with van der Waals surface area (Å²) in [6.07, 6.45) is 0. The van der Waals surface area contributed by atoms with Gasteiger partial charge < -0.3 is 10.3 Å². The third-order valence-electron chi connectivity index (χ3n) is 1.83. The summed E-state index contributed by atoms with van der Waals surface area (Å²) in [4.78, 5) is 14.0. The Hall–Kier alpha value is -1.69. The maximum atomic E-state index is 11.5. The van der Waals surface area contributed by atoms with Gasteiger partial charge in [0.05, 0.1) is 11.0 Å². The van der Waals surface area contributed by atoms with E-state index in [1.165, 1.54) is 12.1 Å². The van der Waals surface area contributed by atoms with Crippen LogP contribution in [0, 0.1) is 22.2 Å². The van der Waals surface area contributed by atoms with Crippen molar-refractivity contribution in [1.29, 1.82) is 0 Å². The van der Waals surface area contributed by atoms with Crippen molar-refractivity contribution in [3.63, 3.8) is 0 Å². The maximum Gasteiger partial charge on any atom is 0.274 e. The van der Waals surface area contributed by atoms with Gasteiger partial charge in [-0.3, -0.25) is 10.1 Å². The molecule has 0 fully saturated rings. The third-order valence-corrected chi connectivity index (χ3v) is 1.83. The highest BCUT2D eigenvalue weighted by atomic mass is 16.6. The fourth-order valence-electron chi connectivity index (χ4n) is 1.12. The van der Waals surface area contributed by atoms with E-state index in [-0.39, 0.29) is 17.5 Å². The fourth-order valence-corrected chi connectivity index (χ4v) is 1.12. The Morgan fingerprint density at radius 2 is 2.07 bits per heavy atom. The number of hydrogen-bond acceptors (Lipinski definition) is 5. The molecular formula is C9H12N3O3-. The number of pyridine rings is 1. The van der Waals surface area contributed by atoms with E-state index in [1.807, 2.05) is 0 Å². The predicted octanol–water partition coefficient (Wildman–Crippen LogP) is 2.01. The van der Waals surface area contributed by atoms with Gasteiger partial charge >= 0.3 is 0 Å². The molecule has 0 unspecified atom stereocenters. The molecule has 0 saturated carbocycles. The lowest BCUT2D eigenvalue weighted by atomic mass is 10.3. The Balaban J connectivity index is 3.14. The number of hydroxylamine groups is 1. The highest BCUT2D eigenvalue weighted by Crippen LogP contribution is 2.21. The van der Waals surface area contributed by atoms with E-state index in [0.29, 0.717) is 10.8 Å². The summed E-state index contributed by atoms with van der Waals surface area (Å²) >= 11 is 0. The van der Waals surface area contributed by atoms with E-state index in [2.05, 4.69) is 4.98 Å². The Morgan fingerprint density at radius 3 is 2.53 bits per heavy atom. The van der Waals surface area contributed by atoms with Crippen LogP contribution < -0.4 is 5.06 Å². The molecule has 1 aromatic heterocycles. The van der Waals surface area contributed by atoms with Crippen molar-refractivity contribution in [2.24, 2.45) is 0 Å². The minimum absolute atomic E-state index is 0.0803. The summed E-state index contributed by atoms with van der Waals surface area (Å²) in [7, 11) is 0. The predicted molar refractivity (Wildman–Crippen MR) is 56.6 cm³/mol. The zero-order valence-corrected chi connectivity index (χ0v) is 8.80. The van der Waals surface area contributed by atoms with Gasteiger partial charge in [0.25, 0.3) is 5.69 Å². The van der Waals surface area contributed by atoms with Gasteiger partial charge in [-0.2, -0.15) is 0 Å². The van der Waals surface area contributed by atoms with Gasteiger partial charge in [0.15, 0.2) is 0 Å². The molecule has 1 aromatic rings. The first kappa shape index (κ1) is 11.4. The molecule has 0 aliphatic carbocycles. The van der Waals surface area contributed by atoms with Crippen molar-refractivity contribution >= 4 is 11.5 Å². The summed E-state index contributed by atoms with van der Waals surface area (Å²) in [5.74, 6) is 0.0803. The normalized spacial score (nSPS) is 10.5. The summed E-state index contributed by atoms with van der Waals surface area (Å²) in [6.45, 7) is 5.01. The highest BCUT2D eigenvalue weighted by Gasteiger charge is 2.11. The molecule has 0 bridgehead atoms. The lowest BCUT2D eigenvalue weighted by Gasteiger charge is -2.33. The molecule has 6 nitrogen and oxygen atoms in total. The van der Waals surface area contributed by atoms with Crippen molar-refractivity contribution in [2.45, 2.75) is 26.8 Å². The first-order valence-electron chi connectivity index (χ1n) is 4.51. The Labute approximate surface area is 87.3 Å². The van der Waals surface area contributed by atoms with Crippen LogP contribution in [0.15, 0.2) is 12.1 Å². The molecule has 0 amide bonds. The number of nitrogens with zero attached hydrogens (tertiary/aromatic N) is 3. The quantitative estimate of drug-likeness (QED) is 0.563. The van der Waals surface area contributed by atoms with Crippen LogP contribution in [0.5, 0.6) is 0 Å². The third kappa shape index (κ3) is 2.63. The van der Waals surface area contributed by atoms with Gasteiger partial charge in [-0.1, -0.05) is 0 Å². The smallest absolute Gasteiger partial charge is 0.274 e. The number of aryl methyl sites for hydroxylation is 1. The second-order valence-corrected chi connectivity index (χ2v) is 3.50. The van der Waals surface area contributed by atoms with E-state index >= 15 is 0 Å². The molecular weight excluding hydrogens is 198 g/mol. The van der Waals surface area contributed by atoms with Crippen molar-refractivity contribution in [2.75, 3.05) is 5.06 Å². The zero-order valence-electron chi connectivity index (χ0n) is 8.80. The molecule has 1 rings (SSSR count). The molecule has 1 heterocycles. The molecule has 0 atom stereocenters. The lowest BCUT2D eigenvalue weighted by molar-refractivity contribution is -0.384. The molecule has 82 valence electrons.